The highest BCUT2D eigenvalue weighted by Gasteiger charge is 2.48. The summed E-state index contributed by atoms with van der Waals surface area (Å²) in [5, 5.41) is 57.6. The van der Waals surface area contributed by atoms with E-state index < -0.39 is 37.0 Å². The number of nitrogens with one attached hydrogen (secondary N) is 1. The zero-order valence-electron chi connectivity index (χ0n) is 22.8. The summed E-state index contributed by atoms with van der Waals surface area (Å²) in [4.78, 5) is 16.1. The average Bonchev–Trinajstić information content (AvgIpc) is 3.63. The minimum atomic E-state index is -2.20. The second-order valence-electron chi connectivity index (χ2n) is 10.5. The van der Waals surface area contributed by atoms with Gasteiger partial charge in [-0.15, -0.1) is 11.3 Å². The second-order valence-corrected chi connectivity index (χ2v) is 11.5. The van der Waals surface area contributed by atoms with Crippen LogP contribution in [0.15, 0.2) is 35.8 Å². The topological polar surface area (TPSA) is 182 Å². The van der Waals surface area contributed by atoms with Crippen LogP contribution in [0.25, 0.3) is 0 Å². The lowest BCUT2D eigenvalue weighted by atomic mass is 9.68. The first-order valence-corrected chi connectivity index (χ1v) is 14.5. The zero-order valence-corrected chi connectivity index (χ0v) is 23.6. The molecule has 0 aromatic carbocycles. The van der Waals surface area contributed by atoms with Crippen LogP contribution < -0.4 is 10.1 Å². The van der Waals surface area contributed by atoms with E-state index in [0.29, 0.717) is 0 Å². The normalized spacial score (nSPS) is 23.1. The standard InChI is InChI=1S/C22H30N2O2S.C6H12O7/c1-25-18-7-15-27-19(18)16-23-13-10-21(20-6-2-5-12-24-20)11-14-26-22(17-21)8-3-4-9-22;7-1-2(8)3(9)4(10)5(11)6(12)13/h2,5-7,12,15,23H,3-4,8-11,13-14,16-17H2,1H3;2-5,7-11H,1H2,(H,12,13)/t21-;/m1./s1. The molecule has 12 heteroatoms. The zero-order chi connectivity index (χ0) is 29.2. The molecule has 1 aliphatic heterocycles. The molecule has 1 spiro atoms. The van der Waals surface area contributed by atoms with E-state index in [1.165, 1.54) is 36.3 Å². The number of carboxylic acid groups (broad SMARTS) is 1. The van der Waals surface area contributed by atoms with Crippen LogP contribution in [0.2, 0.25) is 0 Å². The van der Waals surface area contributed by atoms with Crippen LogP contribution in [0.4, 0.5) is 0 Å². The van der Waals surface area contributed by atoms with Crippen LogP contribution in [-0.2, 0) is 21.5 Å². The number of thiophene rings is 1. The quantitative estimate of drug-likeness (QED) is 0.179. The first-order chi connectivity index (χ1) is 19.2. The summed E-state index contributed by atoms with van der Waals surface area (Å²) in [6.45, 7) is 1.86. The first-order valence-electron chi connectivity index (χ1n) is 13.6. The molecule has 2 fully saturated rings. The molecule has 0 bridgehead atoms. The fraction of sp³-hybridized carbons (Fsp3) is 0.643. The summed E-state index contributed by atoms with van der Waals surface area (Å²) in [7, 11) is 1.74. The number of pyridine rings is 1. The average molecular weight is 583 g/mol. The van der Waals surface area contributed by atoms with Gasteiger partial charge in [-0.3, -0.25) is 4.98 Å². The van der Waals surface area contributed by atoms with Crippen molar-refractivity contribution in [3.05, 3.63) is 46.4 Å². The van der Waals surface area contributed by atoms with E-state index in [-0.39, 0.29) is 11.0 Å². The van der Waals surface area contributed by atoms with E-state index >= 15 is 0 Å². The summed E-state index contributed by atoms with van der Waals surface area (Å²) in [5.41, 5.74) is 1.46. The predicted octanol–water partition coefficient (Wildman–Crippen LogP) is 1.20. The Morgan fingerprint density at radius 2 is 1.90 bits per heavy atom. The highest BCUT2D eigenvalue weighted by molar-refractivity contribution is 7.10. The molecule has 0 amide bonds. The van der Waals surface area contributed by atoms with Crippen LogP contribution in [0.1, 0.15) is 55.5 Å². The SMILES string of the molecule is COc1ccsc1CNCC[C@@]1(c2ccccn2)CCOC2(CCCC2)C1.O=C(O)C(O)C(O)C(O)C(O)CO. The third-order valence-electron chi connectivity index (χ3n) is 7.87. The molecule has 5 atom stereocenters. The van der Waals surface area contributed by atoms with Crippen LogP contribution in [0, 0.1) is 0 Å². The van der Waals surface area contributed by atoms with Gasteiger partial charge in [0.15, 0.2) is 6.10 Å². The molecule has 4 rings (SSSR count). The molecule has 2 aliphatic rings. The Bertz CT molecular complexity index is 1030. The van der Waals surface area contributed by atoms with E-state index in [0.717, 1.165) is 44.7 Å². The molecule has 11 nitrogen and oxygen atoms in total. The van der Waals surface area contributed by atoms with E-state index in [1.54, 1.807) is 18.4 Å². The summed E-state index contributed by atoms with van der Waals surface area (Å²) in [5.74, 6) is -0.736. The minimum absolute atomic E-state index is 0.0900. The molecule has 1 saturated carbocycles. The third kappa shape index (κ3) is 8.20. The van der Waals surface area contributed by atoms with Gasteiger partial charge in [-0.1, -0.05) is 18.9 Å². The van der Waals surface area contributed by atoms with Crippen molar-refractivity contribution >= 4 is 17.3 Å². The summed E-state index contributed by atoms with van der Waals surface area (Å²) in [6.07, 6.45) is 2.40. The maximum absolute atomic E-state index is 10.1. The summed E-state index contributed by atoms with van der Waals surface area (Å²) in [6, 6.07) is 8.41. The highest BCUT2D eigenvalue weighted by Crippen LogP contribution is 2.49. The fourth-order valence-corrected chi connectivity index (χ4v) is 6.44. The number of hydrogen-bond donors (Lipinski definition) is 7. The number of aliphatic hydroxyl groups is 5. The minimum Gasteiger partial charge on any atom is -0.496 e. The smallest absolute Gasteiger partial charge is 0.335 e. The van der Waals surface area contributed by atoms with E-state index in [9.17, 15) is 4.79 Å². The number of aliphatic carboxylic acids is 1. The molecule has 7 N–H and O–H groups in total. The monoisotopic (exact) mass is 582 g/mol. The Kier molecular flexibility index (Phi) is 12.3. The van der Waals surface area contributed by atoms with Gasteiger partial charge >= 0.3 is 5.97 Å². The molecule has 40 heavy (non-hydrogen) atoms. The molecular weight excluding hydrogens is 540 g/mol. The van der Waals surface area contributed by atoms with Crippen molar-refractivity contribution in [3.63, 3.8) is 0 Å². The maximum atomic E-state index is 10.1. The van der Waals surface area contributed by atoms with Gasteiger partial charge < -0.3 is 45.4 Å². The van der Waals surface area contributed by atoms with Crippen molar-refractivity contribution < 1.29 is 44.9 Å². The number of ether oxygens (including phenoxy) is 2. The van der Waals surface area contributed by atoms with Gasteiger partial charge in [0.05, 0.1) is 24.2 Å². The van der Waals surface area contributed by atoms with Crippen molar-refractivity contribution in [2.24, 2.45) is 0 Å². The lowest BCUT2D eigenvalue weighted by Gasteiger charge is -2.46. The number of carboxylic acids is 1. The Balaban J connectivity index is 0.000000289. The lowest BCUT2D eigenvalue weighted by Crippen LogP contribution is -2.48. The van der Waals surface area contributed by atoms with Crippen LogP contribution >= 0.6 is 11.3 Å². The third-order valence-corrected chi connectivity index (χ3v) is 8.77. The fourth-order valence-electron chi connectivity index (χ4n) is 5.63. The molecular formula is C28H42N2O9S. The van der Waals surface area contributed by atoms with E-state index in [2.05, 4.69) is 22.8 Å². The van der Waals surface area contributed by atoms with Crippen molar-refractivity contribution in [2.75, 3.05) is 26.9 Å². The number of carbonyl (C=O) groups is 1. The van der Waals surface area contributed by atoms with Crippen molar-refractivity contribution in [1.29, 1.82) is 0 Å². The largest absolute Gasteiger partial charge is 0.496 e. The maximum Gasteiger partial charge on any atom is 0.335 e. The number of methoxy groups -OCH3 is 1. The molecule has 1 saturated heterocycles. The van der Waals surface area contributed by atoms with E-state index in [4.69, 9.17) is 45.1 Å². The van der Waals surface area contributed by atoms with Crippen molar-refractivity contribution in [1.82, 2.24) is 10.3 Å². The van der Waals surface area contributed by atoms with Gasteiger partial charge in [-0.05, 0) is 62.2 Å². The Hall–Kier alpha value is -2.16. The van der Waals surface area contributed by atoms with Gasteiger partial charge in [0.1, 0.15) is 24.1 Å². The van der Waals surface area contributed by atoms with Gasteiger partial charge in [-0.2, -0.15) is 0 Å². The first kappa shape index (κ1) is 32.4. The van der Waals surface area contributed by atoms with Crippen LogP contribution in [0.5, 0.6) is 5.75 Å². The Morgan fingerprint density at radius 3 is 2.52 bits per heavy atom. The van der Waals surface area contributed by atoms with Gasteiger partial charge in [-0.25, -0.2) is 4.79 Å². The molecule has 224 valence electrons. The Morgan fingerprint density at radius 1 is 1.15 bits per heavy atom. The molecule has 2 aromatic rings. The van der Waals surface area contributed by atoms with Crippen molar-refractivity contribution in [2.45, 2.75) is 86.9 Å². The number of nitrogens with zero attached hydrogens (tertiary/aromatic N) is 1. The lowest BCUT2D eigenvalue weighted by molar-refractivity contribution is -0.164. The summed E-state index contributed by atoms with van der Waals surface area (Å²) < 4.78 is 11.8. The van der Waals surface area contributed by atoms with Gasteiger partial charge in [0.25, 0.3) is 0 Å². The van der Waals surface area contributed by atoms with E-state index in [1.807, 2.05) is 18.3 Å². The van der Waals surface area contributed by atoms with Gasteiger partial charge in [0, 0.05) is 30.5 Å². The molecule has 3 heterocycles. The number of aliphatic hydroxyl groups excluding tert-OH is 5. The van der Waals surface area contributed by atoms with Gasteiger partial charge in [0.2, 0.25) is 0 Å². The molecule has 0 radical (unpaired) electrons. The molecule has 2 aromatic heterocycles. The van der Waals surface area contributed by atoms with Crippen molar-refractivity contribution in [3.8, 4) is 5.75 Å². The number of rotatable bonds is 12. The number of hydrogen-bond acceptors (Lipinski definition) is 11. The molecule has 1 aliphatic carbocycles. The molecule has 4 unspecified atom stereocenters. The van der Waals surface area contributed by atoms with Crippen LogP contribution in [0.3, 0.4) is 0 Å². The highest BCUT2D eigenvalue weighted by atomic mass is 32.1. The predicted molar refractivity (Wildman–Crippen MR) is 148 cm³/mol. The Labute approximate surface area is 238 Å². The number of aromatic nitrogens is 1. The second kappa shape index (κ2) is 15.2. The summed E-state index contributed by atoms with van der Waals surface area (Å²) >= 11 is 1.75. The van der Waals surface area contributed by atoms with Crippen LogP contribution in [-0.4, -0.2) is 98.5 Å².